The third-order valence-electron chi connectivity index (χ3n) is 2.72. The van der Waals surface area contributed by atoms with Gasteiger partial charge in [-0.05, 0) is 13.3 Å². The molecule has 2 N–H and O–H groups in total. The third kappa shape index (κ3) is 1.36. The van der Waals surface area contributed by atoms with Gasteiger partial charge in [0.25, 0.3) is 0 Å². The molecule has 4 heteroatoms. The molecular formula is C9H15N3O. The van der Waals surface area contributed by atoms with Gasteiger partial charge in [-0.2, -0.15) is 5.10 Å². The summed E-state index contributed by atoms with van der Waals surface area (Å²) in [5.41, 5.74) is 8.20. The van der Waals surface area contributed by atoms with Gasteiger partial charge in [0.15, 0.2) is 0 Å². The smallest absolute Gasteiger partial charge is 0.101 e. The van der Waals surface area contributed by atoms with Crippen molar-refractivity contribution in [3.8, 4) is 0 Å². The van der Waals surface area contributed by atoms with Crippen molar-refractivity contribution in [3.63, 3.8) is 0 Å². The normalized spacial score (nSPS) is 28.2. The lowest BCUT2D eigenvalue weighted by Crippen LogP contribution is -2.23. The lowest BCUT2D eigenvalue weighted by atomic mass is 10.0. The van der Waals surface area contributed by atoms with Crippen LogP contribution in [-0.2, 0) is 11.8 Å². The number of aromatic nitrogens is 2. The molecule has 0 saturated carbocycles. The van der Waals surface area contributed by atoms with E-state index >= 15 is 0 Å². The molecule has 72 valence electrons. The number of ether oxygens (including phenoxy) is 1. The molecule has 0 bridgehead atoms. The second-order valence-corrected chi connectivity index (χ2v) is 3.55. The Labute approximate surface area is 77.7 Å². The molecule has 13 heavy (non-hydrogen) atoms. The minimum Gasteiger partial charge on any atom is -0.372 e. The van der Waals surface area contributed by atoms with Crippen LogP contribution in [-0.4, -0.2) is 22.4 Å². The standard InChI is InChI=1S/C9H15N3O/c1-6-7(5-11-12(6)2)9-8(10)3-4-13-9/h5,8-9H,3-4,10H2,1-2H3/t8-,9+/m0/s1. The van der Waals surface area contributed by atoms with Gasteiger partial charge in [-0.15, -0.1) is 0 Å². The SMILES string of the molecule is Cc1c([C@H]2OCC[C@@H]2N)cnn1C. The molecule has 1 aliphatic heterocycles. The fraction of sp³-hybridized carbons (Fsp3) is 0.667. The van der Waals surface area contributed by atoms with Crippen LogP contribution in [0.3, 0.4) is 0 Å². The van der Waals surface area contributed by atoms with Crippen molar-refractivity contribution in [3.05, 3.63) is 17.5 Å². The van der Waals surface area contributed by atoms with Gasteiger partial charge in [0, 0.05) is 31.0 Å². The van der Waals surface area contributed by atoms with Crippen LogP contribution in [0, 0.1) is 6.92 Å². The van der Waals surface area contributed by atoms with Gasteiger partial charge >= 0.3 is 0 Å². The highest BCUT2D eigenvalue weighted by Crippen LogP contribution is 2.29. The number of rotatable bonds is 1. The summed E-state index contributed by atoms with van der Waals surface area (Å²) >= 11 is 0. The van der Waals surface area contributed by atoms with Crippen LogP contribution in [0.5, 0.6) is 0 Å². The zero-order chi connectivity index (χ0) is 9.42. The topological polar surface area (TPSA) is 53.1 Å². The van der Waals surface area contributed by atoms with Crippen molar-refractivity contribution in [1.82, 2.24) is 9.78 Å². The van der Waals surface area contributed by atoms with E-state index in [4.69, 9.17) is 10.5 Å². The molecule has 2 heterocycles. The van der Waals surface area contributed by atoms with Crippen molar-refractivity contribution in [2.75, 3.05) is 6.61 Å². The van der Waals surface area contributed by atoms with Crippen LogP contribution in [0.15, 0.2) is 6.20 Å². The maximum Gasteiger partial charge on any atom is 0.101 e. The van der Waals surface area contributed by atoms with Gasteiger partial charge in [0.1, 0.15) is 6.10 Å². The molecule has 0 radical (unpaired) electrons. The van der Waals surface area contributed by atoms with E-state index in [0.717, 1.165) is 24.3 Å². The summed E-state index contributed by atoms with van der Waals surface area (Å²) in [7, 11) is 1.93. The molecular weight excluding hydrogens is 166 g/mol. The molecule has 2 atom stereocenters. The molecule has 1 aromatic heterocycles. The summed E-state index contributed by atoms with van der Waals surface area (Å²) in [5, 5.41) is 4.18. The first-order valence-electron chi connectivity index (χ1n) is 4.56. The number of hydrogen-bond acceptors (Lipinski definition) is 3. The van der Waals surface area contributed by atoms with Crippen LogP contribution < -0.4 is 5.73 Å². The fourth-order valence-electron chi connectivity index (χ4n) is 1.72. The Morgan fingerprint density at radius 1 is 1.69 bits per heavy atom. The monoisotopic (exact) mass is 181 g/mol. The average molecular weight is 181 g/mol. The molecule has 0 aromatic carbocycles. The van der Waals surface area contributed by atoms with Crippen molar-refractivity contribution in [1.29, 1.82) is 0 Å². The Hall–Kier alpha value is -0.870. The third-order valence-corrected chi connectivity index (χ3v) is 2.72. The Kier molecular flexibility index (Phi) is 2.09. The van der Waals surface area contributed by atoms with Gasteiger partial charge in [0.05, 0.1) is 6.20 Å². The molecule has 1 aromatic rings. The molecule has 0 amide bonds. The Bertz CT molecular complexity index is 308. The summed E-state index contributed by atoms with van der Waals surface area (Å²) in [6, 6.07) is 0.128. The van der Waals surface area contributed by atoms with Crippen molar-refractivity contribution >= 4 is 0 Å². The minimum absolute atomic E-state index is 0.0497. The first kappa shape index (κ1) is 8.72. The molecule has 0 spiro atoms. The average Bonchev–Trinajstić information content (AvgIpc) is 2.62. The second-order valence-electron chi connectivity index (χ2n) is 3.55. The fourth-order valence-corrected chi connectivity index (χ4v) is 1.72. The Balaban J connectivity index is 2.29. The van der Waals surface area contributed by atoms with E-state index in [1.807, 2.05) is 24.9 Å². The molecule has 2 rings (SSSR count). The van der Waals surface area contributed by atoms with Crippen LogP contribution in [0.4, 0.5) is 0 Å². The van der Waals surface area contributed by atoms with Crippen LogP contribution in [0.1, 0.15) is 23.8 Å². The first-order valence-corrected chi connectivity index (χ1v) is 4.56. The van der Waals surface area contributed by atoms with Crippen LogP contribution in [0.2, 0.25) is 0 Å². The van der Waals surface area contributed by atoms with Gasteiger partial charge in [-0.3, -0.25) is 4.68 Å². The largest absolute Gasteiger partial charge is 0.372 e. The van der Waals surface area contributed by atoms with E-state index in [2.05, 4.69) is 5.10 Å². The lowest BCUT2D eigenvalue weighted by molar-refractivity contribution is 0.104. The van der Waals surface area contributed by atoms with Crippen molar-refractivity contribution in [2.45, 2.75) is 25.5 Å². The van der Waals surface area contributed by atoms with Gasteiger partial charge < -0.3 is 10.5 Å². The van der Waals surface area contributed by atoms with E-state index in [1.54, 1.807) is 0 Å². The minimum atomic E-state index is 0.0497. The van der Waals surface area contributed by atoms with E-state index in [-0.39, 0.29) is 12.1 Å². The van der Waals surface area contributed by atoms with Gasteiger partial charge in [0.2, 0.25) is 0 Å². The molecule has 4 nitrogen and oxygen atoms in total. The van der Waals surface area contributed by atoms with Crippen molar-refractivity contribution < 1.29 is 4.74 Å². The molecule has 1 aliphatic rings. The van der Waals surface area contributed by atoms with E-state index in [9.17, 15) is 0 Å². The number of nitrogens with zero attached hydrogens (tertiary/aromatic N) is 2. The Morgan fingerprint density at radius 3 is 2.92 bits per heavy atom. The highest BCUT2D eigenvalue weighted by Gasteiger charge is 2.28. The predicted octanol–water partition coefficient (Wildman–Crippen LogP) is 0.517. The van der Waals surface area contributed by atoms with Gasteiger partial charge in [-0.25, -0.2) is 0 Å². The predicted molar refractivity (Wildman–Crippen MR) is 49.2 cm³/mol. The molecule has 1 fully saturated rings. The van der Waals surface area contributed by atoms with E-state index < -0.39 is 0 Å². The number of nitrogens with two attached hydrogens (primary N) is 1. The summed E-state index contributed by atoms with van der Waals surface area (Å²) in [4.78, 5) is 0. The summed E-state index contributed by atoms with van der Waals surface area (Å²) in [6.45, 7) is 2.80. The number of hydrogen-bond donors (Lipinski definition) is 1. The lowest BCUT2D eigenvalue weighted by Gasteiger charge is -2.13. The summed E-state index contributed by atoms with van der Waals surface area (Å²) < 4.78 is 7.42. The molecule has 0 aliphatic carbocycles. The van der Waals surface area contributed by atoms with Crippen LogP contribution >= 0.6 is 0 Å². The molecule has 1 saturated heterocycles. The second kappa shape index (κ2) is 3.12. The van der Waals surface area contributed by atoms with Crippen LogP contribution in [0.25, 0.3) is 0 Å². The summed E-state index contributed by atoms with van der Waals surface area (Å²) in [5.74, 6) is 0. The zero-order valence-electron chi connectivity index (χ0n) is 8.03. The van der Waals surface area contributed by atoms with E-state index in [0.29, 0.717) is 0 Å². The zero-order valence-corrected chi connectivity index (χ0v) is 8.03. The first-order chi connectivity index (χ1) is 6.20. The molecule has 0 unspecified atom stereocenters. The quantitative estimate of drug-likeness (QED) is 0.687. The highest BCUT2D eigenvalue weighted by molar-refractivity contribution is 5.21. The maximum absolute atomic E-state index is 5.93. The highest BCUT2D eigenvalue weighted by atomic mass is 16.5. The number of aryl methyl sites for hydroxylation is 1. The van der Waals surface area contributed by atoms with Gasteiger partial charge in [-0.1, -0.05) is 0 Å². The Morgan fingerprint density at radius 2 is 2.46 bits per heavy atom. The maximum atomic E-state index is 5.93. The van der Waals surface area contributed by atoms with Crippen molar-refractivity contribution in [2.24, 2.45) is 12.8 Å². The summed E-state index contributed by atoms with van der Waals surface area (Å²) in [6.07, 6.45) is 2.85. The van der Waals surface area contributed by atoms with E-state index in [1.165, 1.54) is 0 Å².